The van der Waals surface area contributed by atoms with Crippen LogP contribution in [-0.4, -0.2) is 44.1 Å². The molecule has 0 aliphatic carbocycles. The Morgan fingerprint density at radius 3 is 1.97 bits per heavy atom. The van der Waals surface area contributed by atoms with Gasteiger partial charge >= 0.3 is 0 Å². The van der Waals surface area contributed by atoms with E-state index in [-0.39, 0.29) is 5.91 Å². The molecule has 0 unspecified atom stereocenters. The molecular weight excluding hydrogens is 408 g/mol. The number of anilines is 1. The lowest BCUT2D eigenvalue weighted by molar-refractivity contribution is -0.116. The first-order valence-electron chi connectivity index (χ1n) is 11.6. The second-order valence-corrected chi connectivity index (χ2v) is 7.94. The molecular formula is C29H34N2O2. The van der Waals surface area contributed by atoms with Gasteiger partial charge in [0.25, 0.3) is 0 Å². The topological polar surface area (TPSA) is 32.8 Å². The van der Waals surface area contributed by atoms with E-state index in [1.807, 2.05) is 35.2 Å². The average Bonchev–Trinajstić information content (AvgIpc) is 2.86. The van der Waals surface area contributed by atoms with Gasteiger partial charge in [-0.05, 0) is 65.7 Å². The number of hydrogen-bond acceptors (Lipinski definition) is 3. The second kappa shape index (κ2) is 12.0. The predicted octanol–water partition coefficient (Wildman–Crippen LogP) is 5.98. The summed E-state index contributed by atoms with van der Waals surface area (Å²) in [6, 6.07) is 26.7. The van der Waals surface area contributed by atoms with Gasteiger partial charge in [0.05, 0.1) is 7.11 Å². The summed E-state index contributed by atoms with van der Waals surface area (Å²) in [5, 5.41) is 0. The third-order valence-electron chi connectivity index (χ3n) is 5.92. The number of amides is 1. The van der Waals surface area contributed by atoms with Crippen LogP contribution in [0.15, 0.2) is 78.9 Å². The molecule has 4 nitrogen and oxygen atoms in total. The van der Waals surface area contributed by atoms with E-state index in [2.05, 4.69) is 73.4 Å². The van der Waals surface area contributed by atoms with Gasteiger partial charge in [0.2, 0.25) is 5.91 Å². The van der Waals surface area contributed by atoms with E-state index < -0.39 is 0 Å². The van der Waals surface area contributed by atoms with Crippen LogP contribution < -0.4 is 9.64 Å². The number of hydrogen-bond donors (Lipinski definition) is 0. The molecule has 4 heteroatoms. The van der Waals surface area contributed by atoms with E-state index in [0.717, 1.165) is 53.3 Å². The highest BCUT2D eigenvalue weighted by molar-refractivity contribution is 5.93. The molecule has 0 radical (unpaired) electrons. The lowest BCUT2D eigenvalue weighted by Crippen LogP contribution is -2.37. The Balaban J connectivity index is 1.89. The number of ether oxygens (including phenoxy) is 1. The zero-order valence-corrected chi connectivity index (χ0v) is 20.1. The summed E-state index contributed by atoms with van der Waals surface area (Å²) in [4.78, 5) is 16.5. The fourth-order valence-electron chi connectivity index (χ4n) is 3.89. The molecule has 0 aromatic heterocycles. The maximum atomic E-state index is 12.3. The third-order valence-corrected chi connectivity index (χ3v) is 5.92. The zero-order chi connectivity index (χ0) is 23.6. The number of likely N-dealkylation sites (N-methyl/N-ethyl adjacent to an activating group) is 1. The molecule has 0 fully saturated rings. The van der Waals surface area contributed by atoms with Crippen LogP contribution in [0.25, 0.3) is 11.6 Å². The van der Waals surface area contributed by atoms with Crippen molar-refractivity contribution in [3.05, 3.63) is 95.6 Å². The van der Waals surface area contributed by atoms with Crippen LogP contribution in [0.1, 0.15) is 37.5 Å². The highest BCUT2D eigenvalue weighted by Gasteiger charge is 2.13. The van der Waals surface area contributed by atoms with Gasteiger partial charge in [0, 0.05) is 25.7 Å². The maximum Gasteiger partial charge on any atom is 0.223 e. The number of nitrogens with zero attached hydrogens (tertiary/aromatic N) is 2. The van der Waals surface area contributed by atoms with Crippen molar-refractivity contribution in [1.29, 1.82) is 0 Å². The lowest BCUT2D eigenvalue weighted by atomic mass is 9.95. The molecule has 0 bridgehead atoms. The standard InChI is InChI=1S/C29H34N2O2/c1-5-30(6-2)20-21-31(23(3)32)27-16-12-24(13-17-27)22-29(25-10-8-7-9-11-25)26-14-18-28(33-4)19-15-26/h7-19,22H,5-6,20-21H2,1-4H3/b29-22+. The highest BCUT2D eigenvalue weighted by Crippen LogP contribution is 2.28. The number of carbonyl (C=O) groups excluding carboxylic acids is 1. The van der Waals surface area contributed by atoms with Crippen LogP contribution in [0.3, 0.4) is 0 Å². The van der Waals surface area contributed by atoms with Gasteiger partial charge in [-0.3, -0.25) is 4.79 Å². The average molecular weight is 443 g/mol. The first kappa shape index (κ1) is 24.3. The van der Waals surface area contributed by atoms with Gasteiger partial charge < -0.3 is 14.5 Å². The van der Waals surface area contributed by atoms with Crippen LogP contribution in [0, 0.1) is 0 Å². The molecule has 0 aliphatic rings. The summed E-state index contributed by atoms with van der Waals surface area (Å²) in [6.45, 7) is 9.45. The van der Waals surface area contributed by atoms with Crippen LogP contribution in [-0.2, 0) is 4.79 Å². The minimum absolute atomic E-state index is 0.0636. The van der Waals surface area contributed by atoms with Gasteiger partial charge in [-0.25, -0.2) is 0 Å². The van der Waals surface area contributed by atoms with E-state index >= 15 is 0 Å². The summed E-state index contributed by atoms with van der Waals surface area (Å²) in [6.07, 6.45) is 2.19. The minimum Gasteiger partial charge on any atom is -0.497 e. The molecule has 3 rings (SSSR count). The fourth-order valence-corrected chi connectivity index (χ4v) is 3.89. The SMILES string of the molecule is CCN(CC)CCN(C(C)=O)c1ccc(/C=C(\c2ccccc2)c2ccc(OC)cc2)cc1. The third kappa shape index (κ3) is 6.56. The van der Waals surface area contributed by atoms with E-state index in [1.54, 1.807) is 14.0 Å². The van der Waals surface area contributed by atoms with Gasteiger partial charge in [0.1, 0.15) is 5.75 Å². The maximum absolute atomic E-state index is 12.3. The summed E-state index contributed by atoms with van der Waals surface area (Å²) >= 11 is 0. The van der Waals surface area contributed by atoms with Gasteiger partial charge in [0.15, 0.2) is 0 Å². The van der Waals surface area contributed by atoms with Crippen molar-refractivity contribution in [2.45, 2.75) is 20.8 Å². The molecule has 3 aromatic carbocycles. The summed E-state index contributed by atoms with van der Waals surface area (Å²) in [7, 11) is 1.68. The molecule has 0 heterocycles. The Hall–Kier alpha value is -3.37. The van der Waals surface area contributed by atoms with Gasteiger partial charge in [-0.15, -0.1) is 0 Å². The van der Waals surface area contributed by atoms with Crippen LogP contribution in [0.4, 0.5) is 5.69 Å². The van der Waals surface area contributed by atoms with Crippen molar-refractivity contribution in [2.24, 2.45) is 0 Å². The summed E-state index contributed by atoms with van der Waals surface area (Å²) in [5.74, 6) is 0.901. The van der Waals surface area contributed by atoms with Crippen molar-refractivity contribution in [3.63, 3.8) is 0 Å². The van der Waals surface area contributed by atoms with E-state index in [4.69, 9.17) is 4.74 Å². The Labute approximate surface area is 198 Å². The first-order chi connectivity index (χ1) is 16.0. The lowest BCUT2D eigenvalue weighted by Gasteiger charge is -2.25. The van der Waals surface area contributed by atoms with Gasteiger partial charge in [-0.1, -0.05) is 68.4 Å². The molecule has 33 heavy (non-hydrogen) atoms. The van der Waals surface area contributed by atoms with Crippen molar-refractivity contribution in [1.82, 2.24) is 4.90 Å². The Bertz CT molecular complexity index is 1040. The normalized spacial score (nSPS) is 11.5. The smallest absolute Gasteiger partial charge is 0.223 e. The zero-order valence-electron chi connectivity index (χ0n) is 20.1. The number of methoxy groups -OCH3 is 1. The molecule has 0 spiro atoms. The second-order valence-electron chi connectivity index (χ2n) is 7.94. The molecule has 0 saturated carbocycles. The predicted molar refractivity (Wildman–Crippen MR) is 139 cm³/mol. The Morgan fingerprint density at radius 1 is 0.818 bits per heavy atom. The van der Waals surface area contributed by atoms with Crippen molar-refractivity contribution in [3.8, 4) is 5.75 Å². The Kier molecular flexibility index (Phi) is 8.85. The minimum atomic E-state index is 0.0636. The quantitative estimate of drug-likeness (QED) is 0.362. The molecule has 0 N–H and O–H groups in total. The molecule has 172 valence electrons. The molecule has 3 aromatic rings. The fraction of sp³-hybridized carbons (Fsp3) is 0.276. The monoisotopic (exact) mass is 442 g/mol. The van der Waals surface area contributed by atoms with E-state index in [1.165, 1.54) is 0 Å². The molecule has 0 atom stereocenters. The highest BCUT2D eigenvalue weighted by atomic mass is 16.5. The van der Waals surface area contributed by atoms with Crippen LogP contribution >= 0.6 is 0 Å². The summed E-state index contributed by atoms with van der Waals surface area (Å²) in [5.41, 5.74) is 5.42. The molecule has 0 saturated heterocycles. The van der Waals surface area contributed by atoms with Crippen molar-refractivity contribution in [2.75, 3.05) is 38.2 Å². The Morgan fingerprint density at radius 2 is 1.42 bits per heavy atom. The first-order valence-corrected chi connectivity index (χ1v) is 11.6. The number of carbonyl (C=O) groups is 1. The van der Waals surface area contributed by atoms with E-state index in [0.29, 0.717) is 6.54 Å². The number of rotatable bonds is 10. The van der Waals surface area contributed by atoms with Crippen LogP contribution in [0.5, 0.6) is 5.75 Å². The number of benzene rings is 3. The molecule has 0 aliphatic heterocycles. The van der Waals surface area contributed by atoms with Crippen molar-refractivity contribution < 1.29 is 9.53 Å². The van der Waals surface area contributed by atoms with Crippen molar-refractivity contribution >= 4 is 23.2 Å². The summed E-state index contributed by atoms with van der Waals surface area (Å²) < 4.78 is 5.32. The van der Waals surface area contributed by atoms with E-state index in [9.17, 15) is 4.79 Å². The van der Waals surface area contributed by atoms with Gasteiger partial charge in [-0.2, -0.15) is 0 Å². The van der Waals surface area contributed by atoms with Crippen LogP contribution in [0.2, 0.25) is 0 Å². The largest absolute Gasteiger partial charge is 0.497 e. The molecule has 1 amide bonds.